The highest BCUT2D eigenvalue weighted by molar-refractivity contribution is 5.76. The third kappa shape index (κ3) is 5.26. The number of carbonyl (C=O) groups excluding carboxylic acids is 1. The van der Waals surface area contributed by atoms with E-state index in [0.29, 0.717) is 0 Å². The van der Waals surface area contributed by atoms with Crippen LogP contribution in [-0.4, -0.2) is 33.5 Å². The first-order chi connectivity index (χ1) is 4.31. The lowest BCUT2D eigenvalue weighted by Crippen LogP contribution is -2.23. The van der Waals surface area contributed by atoms with Crippen LogP contribution in [0.25, 0.3) is 0 Å². The van der Waals surface area contributed by atoms with E-state index in [9.17, 15) is 4.79 Å². The summed E-state index contributed by atoms with van der Waals surface area (Å²) in [5.74, 6) is -0.146. The van der Waals surface area contributed by atoms with Gasteiger partial charge >= 0.3 is 0 Å². The molecular weight excluding hydrogens is 122 g/mol. The van der Waals surface area contributed by atoms with E-state index in [-0.39, 0.29) is 19.3 Å². The number of amides is 1. The summed E-state index contributed by atoms with van der Waals surface area (Å²) in [5.41, 5.74) is 0. The fourth-order valence-electron chi connectivity index (χ4n) is 0.290. The number of hydrogen-bond donors (Lipinski definition) is 1. The summed E-state index contributed by atoms with van der Waals surface area (Å²) < 4.78 is 9.24. The molecule has 0 heterocycles. The van der Waals surface area contributed by atoms with Crippen LogP contribution in [0.3, 0.4) is 0 Å². The van der Waals surface area contributed by atoms with Gasteiger partial charge in [0.25, 0.3) is 0 Å². The number of ether oxygens (including phenoxy) is 2. The molecule has 4 nitrogen and oxygen atoms in total. The second kappa shape index (κ2) is 5.53. The van der Waals surface area contributed by atoms with E-state index < -0.39 is 0 Å². The molecule has 0 aromatic rings. The maximum Gasteiger partial charge on any atom is 0.245 e. The first-order valence-corrected chi connectivity index (χ1v) is 2.58. The smallest absolute Gasteiger partial charge is 0.245 e. The van der Waals surface area contributed by atoms with E-state index in [1.54, 1.807) is 7.05 Å². The summed E-state index contributed by atoms with van der Waals surface area (Å²) in [6, 6.07) is 0. The molecule has 0 aliphatic heterocycles. The predicted molar refractivity (Wildman–Crippen MR) is 31.9 cm³/mol. The van der Waals surface area contributed by atoms with E-state index in [1.165, 1.54) is 7.11 Å². The Kier molecular flexibility index (Phi) is 5.15. The molecule has 0 spiro atoms. The molecular formula is C5H11NO3. The molecule has 0 atom stereocenters. The minimum atomic E-state index is -0.146. The average molecular weight is 133 g/mol. The summed E-state index contributed by atoms with van der Waals surface area (Å²) in [6.45, 7) is 0.220. The van der Waals surface area contributed by atoms with Crippen LogP contribution in [0.2, 0.25) is 0 Å². The van der Waals surface area contributed by atoms with Crippen molar-refractivity contribution in [3.05, 3.63) is 0 Å². The predicted octanol–water partition coefficient (Wildman–Crippen LogP) is -0.647. The lowest BCUT2D eigenvalue weighted by Gasteiger charge is -1.99. The second-order valence-electron chi connectivity index (χ2n) is 1.43. The standard InChI is InChI=1S/C5H11NO3/c1-6-5(7)3-9-4-8-2/h3-4H2,1-2H3,(H,6,7). The Morgan fingerprint density at radius 3 is 2.78 bits per heavy atom. The fraction of sp³-hybridized carbons (Fsp3) is 0.800. The number of methoxy groups -OCH3 is 1. The number of carbonyl (C=O) groups is 1. The van der Waals surface area contributed by atoms with Crippen LogP contribution >= 0.6 is 0 Å². The van der Waals surface area contributed by atoms with Crippen LogP contribution in [0.1, 0.15) is 0 Å². The van der Waals surface area contributed by atoms with Crippen molar-refractivity contribution in [2.24, 2.45) is 0 Å². The molecule has 0 saturated carbocycles. The van der Waals surface area contributed by atoms with Gasteiger partial charge < -0.3 is 14.8 Å². The quantitative estimate of drug-likeness (QED) is 0.409. The molecule has 0 aliphatic rings. The maximum absolute atomic E-state index is 10.4. The van der Waals surface area contributed by atoms with Gasteiger partial charge in [0.1, 0.15) is 13.4 Å². The SMILES string of the molecule is CNC(=O)COCOC. The fourth-order valence-corrected chi connectivity index (χ4v) is 0.290. The average Bonchev–Trinajstić information content (AvgIpc) is 1.89. The number of rotatable bonds is 4. The lowest BCUT2D eigenvalue weighted by atomic mass is 10.7. The van der Waals surface area contributed by atoms with Crippen molar-refractivity contribution in [2.75, 3.05) is 27.6 Å². The van der Waals surface area contributed by atoms with Crippen LogP contribution in [0.4, 0.5) is 0 Å². The van der Waals surface area contributed by atoms with E-state index in [1.807, 2.05) is 0 Å². The van der Waals surface area contributed by atoms with Gasteiger partial charge in [0.15, 0.2) is 0 Å². The van der Waals surface area contributed by atoms with Crippen molar-refractivity contribution in [2.45, 2.75) is 0 Å². The summed E-state index contributed by atoms with van der Waals surface area (Å²) in [5, 5.41) is 2.40. The molecule has 0 unspecified atom stereocenters. The largest absolute Gasteiger partial charge is 0.359 e. The summed E-state index contributed by atoms with van der Waals surface area (Å²) in [7, 11) is 3.06. The Morgan fingerprint density at radius 1 is 1.67 bits per heavy atom. The van der Waals surface area contributed by atoms with Gasteiger partial charge in [-0.05, 0) is 0 Å². The molecule has 0 radical (unpaired) electrons. The van der Waals surface area contributed by atoms with Crippen LogP contribution < -0.4 is 5.32 Å². The van der Waals surface area contributed by atoms with Crippen LogP contribution in [0.5, 0.6) is 0 Å². The molecule has 0 fully saturated rings. The van der Waals surface area contributed by atoms with Crippen molar-refractivity contribution >= 4 is 5.91 Å². The molecule has 0 rings (SSSR count). The van der Waals surface area contributed by atoms with Crippen molar-refractivity contribution in [3.8, 4) is 0 Å². The van der Waals surface area contributed by atoms with Gasteiger partial charge in [-0.15, -0.1) is 0 Å². The van der Waals surface area contributed by atoms with Gasteiger partial charge in [-0.2, -0.15) is 0 Å². The topological polar surface area (TPSA) is 47.6 Å². The molecule has 54 valence electrons. The third-order valence-corrected chi connectivity index (χ3v) is 0.713. The summed E-state index contributed by atoms with van der Waals surface area (Å²) >= 11 is 0. The van der Waals surface area contributed by atoms with E-state index in [4.69, 9.17) is 4.74 Å². The highest BCUT2D eigenvalue weighted by Gasteiger charge is 1.94. The monoisotopic (exact) mass is 133 g/mol. The molecule has 0 bridgehead atoms. The molecule has 0 saturated heterocycles. The first-order valence-electron chi connectivity index (χ1n) is 2.58. The zero-order chi connectivity index (χ0) is 7.11. The van der Waals surface area contributed by atoms with E-state index >= 15 is 0 Å². The molecule has 0 aliphatic carbocycles. The first kappa shape index (κ1) is 8.39. The highest BCUT2D eigenvalue weighted by Crippen LogP contribution is 1.73. The number of likely N-dealkylation sites (N-methyl/N-ethyl adjacent to an activating group) is 1. The molecule has 4 heteroatoms. The Balaban J connectivity index is 2.97. The normalized spacial score (nSPS) is 9.11. The van der Waals surface area contributed by atoms with Gasteiger partial charge in [0.05, 0.1) is 0 Å². The van der Waals surface area contributed by atoms with E-state index in [0.717, 1.165) is 0 Å². The zero-order valence-electron chi connectivity index (χ0n) is 5.64. The zero-order valence-corrected chi connectivity index (χ0v) is 5.64. The molecule has 0 aromatic carbocycles. The Morgan fingerprint density at radius 2 is 2.33 bits per heavy atom. The van der Waals surface area contributed by atoms with Crippen molar-refractivity contribution in [1.29, 1.82) is 0 Å². The van der Waals surface area contributed by atoms with Crippen LogP contribution in [-0.2, 0) is 14.3 Å². The number of hydrogen-bond acceptors (Lipinski definition) is 3. The Labute approximate surface area is 54.1 Å². The van der Waals surface area contributed by atoms with Crippen molar-refractivity contribution < 1.29 is 14.3 Å². The molecule has 9 heavy (non-hydrogen) atoms. The van der Waals surface area contributed by atoms with Crippen LogP contribution in [0, 0.1) is 0 Å². The minimum absolute atomic E-state index is 0.0599. The van der Waals surface area contributed by atoms with Crippen molar-refractivity contribution in [1.82, 2.24) is 5.32 Å². The summed E-state index contributed by atoms with van der Waals surface area (Å²) in [6.07, 6.45) is 0. The lowest BCUT2D eigenvalue weighted by molar-refractivity contribution is -0.129. The second-order valence-corrected chi connectivity index (χ2v) is 1.43. The third-order valence-electron chi connectivity index (χ3n) is 0.713. The van der Waals surface area contributed by atoms with E-state index in [2.05, 4.69) is 10.1 Å². The van der Waals surface area contributed by atoms with Gasteiger partial charge in [-0.1, -0.05) is 0 Å². The molecule has 1 amide bonds. The minimum Gasteiger partial charge on any atom is -0.359 e. The van der Waals surface area contributed by atoms with Gasteiger partial charge in [-0.25, -0.2) is 0 Å². The van der Waals surface area contributed by atoms with Gasteiger partial charge in [0.2, 0.25) is 5.91 Å². The Bertz CT molecular complexity index is 84.3. The highest BCUT2D eigenvalue weighted by atomic mass is 16.7. The van der Waals surface area contributed by atoms with Gasteiger partial charge in [0, 0.05) is 14.2 Å². The number of nitrogens with one attached hydrogen (secondary N) is 1. The van der Waals surface area contributed by atoms with Crippen LogP contribution in [0.15, 0.2) is 0 Å². The summed E-state index contributed by atoms with van der Waals surface area (Å²) in [4.78, 5) is 10.4. The maximum atomic E-state index is 10.4. The molecule has 0 aromatic heterocycles. The van der Waals surface area contributed by atoms with Gasteiger partial charge in [-0.3, -0.25) is 4.79 Å². The molecule has 1 N–H and O–H groups in total. The Hall–Kier alpha value is -0.610. The van der Waals surface area contributed by atoms with Crippen molar-refractivity contribution in [3.63, 3.8) is 0 Å².